The van der Waals surface area contributed by atoms with Crippen LogP contribution in [0.15, 0.2) is 41.0 Å². The number of halogens is 2. The van der Waals surface area contributed by atoms with Gasteiger partial charge in [-0.3, -0.25) is 0 Å². The van der Waals surface area contributed by atoms with Crippen LogP contribution in [-0.2, 0) is 6.54 Å². The molecule has 17 heavy (non-hydrogen) atoms. The lowest BCUT2D eigenvalue weighted by Gasteiger charge is -2.08. The summed E-state index contributed by atoms with van der Waals surface area (Å²) in [5, 5.41) is 0. The number of aromatic nitrogens is 1. The minimum Gasteiger partial charge on any atom is -0.439 e. The Kier molecular flexibility index (Phi) is 3.71. The predicted molar refractivity (Wildman–Crippen MR) is 66.3 cm³/mol. The Hall–Kier alpha value is -1.46. The van der Waals surface area contributed by atoms with Crippen LogP contribution >= 0.6 is 15.9 Å². The largest absolute Gasteiger partial charge is 0.439 e. The molecule has 2 N–H and O–H groups in total. The molecule has 1 aromatic carbocycles. The molecular formula is C12H10BrFN2O. The zero-order chi connectivity index (χ0) is 12.3. The lowest BCUT2D eigenvalue weighted by Crippen LogP contribution is -2.02. The molecule has 0 aliphatic heterocycles. The zero-order valence-electron chi connectivity index (χ0n) is 8.86. The molecule has 0 fully saturated rings. The van der Waals surface area contributed by atoms with Crippen LogP contribution in [0.2, 0.25) is 0 Å². The van der Waals surface area contributed by atoms with Crippen molar-refractivity contribution < 1.29 is 9.13 Å². The molecule has 0 aliphatic carbocycles. The number of ether oxygens (including phenoxy) is 1. The highest BCUT2D eigenvalue weighted by atomic mass is 79.9. The number of hydrogen-bond acceptors (Lipinski definition) is 3. The summed E-state index contributed by atoms with van der Waals surface area (Å²) in [4.78, 5) is 3.88. The predicted octanol–water partition coefficient (Wildman–Crippen LogP) is 3.23. The van der Waals surface area contributed by atoms with Crippen LogP contribution in [0.3, 0.4) is 0 Å². The van der Waals surface area contributed by atoms with Gasteiger partial charge in [0.1, 0.15) is 11.6 Å². The first kappa shape index (κ1) is 12.0. The van der Waals surface area contributed by atoms with Gasteiger partial charge in [-0.05, 0) is 30.3 Å². The van der Waals surface area contributed by atoms with Crippen molar-refractivity contribution in [1.29, 1.82) is 0 Å². The zero-order valence-corrected chi connectivity index (χ0v) is 10.4. The lowest BCUT2D eigenvalue weighted by atomic mass is 10.2. The van der Waals surface area contributed by atoms with Gasteiger partial charge in [0, 0.05) is 16.6 Å². The van der Waals surface area contributed by atoms with Crippen molar-refractivity contribution >= 4 is 15.9 Å². The van der Waals surface area contributed by atoms with Gasteiger partial charge in [0.2, 0.25) is 5.88 Å². The van der Waals surface area contributed by atoms with Gasteiger partial charge in [-0.2, -0.15) is 0 Å². The molecule has 0 atom stereocenters. The SMILES string of the molecule is NCc1cc(F)cnc1Oc1ccc(Br)cc1. The first-order valence-corrected chi connectivity index (χ1v) is 5.76. The number of pyridine rings is 1. The van der Waals surface area contributed by atoms with Crippen molar-refractivity contribution in [1.82, 2.24) is 4.98 Å². The monoisotopic (exact) mass is 296 g/mol. The van der Waals surface area contributed by atoms with Gasteiger partial charge in [-0.1, -0.05) is 15.9 Å². The molecule has 0 radical (unpaired) electrons. The maximum atomic E-state index is 12.9. The molecule has 3 nitrogen and oxygen atoms in total. The quantitative estimate of drug-likeness (QED) is 0.946. The van der Waals surface area contributed by atoms with Crippen LogP contribution in [0.25, 0.3) is 0 Å². The number of rotatable bonds is 3. The summed E-state index contributed by atoms with van der Waals surface area (Å²) in [6.45, 7) is 0.177. The summed E-state index contributed by atoms with van der Waals surface area (Å²) in [6.07, 6.45) is 1.10. The topological polar surface area (TPSA) is 48.1 Å². The first-order chi connectivity index (χ1) is 8.19. The molecule has 5 heteroatoms. The summed E-state index contributed by atoms with van der Waals surface area (Å²) >= 11 is 3.33. The van der Waals surface area contributed by atoms with Gasteiger partial charge in [0.15, 0.2) is 0 Å². The highest BCUT2D eigenvalue weighted by Gasteiger charge is 2.06. The number of nitrogens with zero attached hydrogens (tertiary/aromatic N) is 1. The van der Waals surface area contributed by atoms with Gasteiger partial charge in [0.05, 0.1) is 6.20 Å². The Morgan fingerprint density at radius 2 is 2.00 bits per heavy atom. The van der Waals surface area contributed by atoms with Crippen LogP contribution in [0.1, 0.15) is 5.56 Å². The molecule has 0 bridgehead atoms. The maximum Gasteiger partial charge on any atom is 0.223 e. The van der Waals surface area contributed by atoms with E-state index in [4.69, 9.17) is 10.5 Å². The third-order valence-electron chi connectivity index (χ3n) is 2.14. The van der Waals surface area contributed by atoms with Gasteiger partial charge >= 0.3 is 0 Å². The molecule has 2 rings (SSSR count). The fourth-order valence-electron chi connectivity index (χ4n) is 1.32. The van der Waals surface area contributed by atoms with E-state index < -0.39 is 5.82 Å². The summed E-state index contributed by atoms with van der Waals surface area (Å²) in [7, 11) is 0. The first-order valence-electron chi connectivity index (χ1n) is 4.97. The van der Waals surface area contributed by atoms with Crippen LogP contribution < -0.4 is 10.5 Å². The molecule has 0 amide bonds. The Morgan fingerprint density at radius 3 is 2.65 bits per heavy atom. The van der Waals surface area contributed by atoms with Crippen molar-refractivity contribution in [3.05, 3.63) is 52.4 Å². The Balaban J connectivity index is 2.26. The standard InChI is InChI=1S/C12H10BrFN2O/c13-9-1-3-11(4-2-9)17-12-8(6-15)5-10(14)7-16-12/h1-5,7H,6,15H2. The number of benzene rings is 1. The highest BCUT2D eigenvalue weighted by molar-refractivity contribution is 9.10. The molecule has 0 saturated heterocycles. The fourth-order valence-corrected chi connectivity index (χ4v) is 1.59. The van der Waals surface area contributed by atoms with E-state index in [0.717, 1.165) is 10.7 Å². The summed E-state index contributed by atoms with van der Waals surface area (Å²) < 4.78 is 19.4. The van der Waals surface area contributed by atoms with Gasteiger partial charge in [-0.25, -0.2) is 9.37 Å². The molecule has 0 aliphatic rings. The van der Waals surface area contributed by atoms with Crippen LogP contribution in [0.4, 0.5) is 4.39 Å². The molecule has 1 heterocycles. The Labute approximate surface area is 107 Å². The van der Waals surface area contributed by atoms with E-state index >= 15 is 0 Å². The second kappa shape index (κ2) is 5.25. The highest BCUT2D eigenvalue weighted by Crippen LogP contribution is 2.24. The van der Waals surface area contributed by atoms with E-state index in [1.54, 1.807) is 12.1 Å². The van der Waals surface area contributed by atoms with Crippen molar-refractivity contribution in [3.63, 3.8) is 0 Å². The van der Waals surface area contributed by atoms with E-state index in [0.29, 0.717) is 17.2 Å². The van der Waals surface area contributed by atoms with E-state index in [-0.39, 0.29) is 6.54 Å². The van der Waals surface area contributed by atoms with E-state index in [1.165, 1.54) is 6.07 Å². The van der Waals surface area contributed by atoms with Crippen molar-refractivity contribution in [2.45, 2.75) is 6.54 Å². The average Bonchev–Trinajstić information content (AvgIpc) is 2.34. The normalized spacial score (nSPS) is 10.3. The van der Waals surface area contributed by atoms with Crippen molar-refractivity contribution in [3.8, 4) is 11.6 Å². The van der Waals surface area contributed by atoms with Gasteiger partial charge in [-0.15, -0.1) is 0 Å². The fraction of sp³-hybridized carbons (Fsp3) is 0.0833. The minimum absolute atomic E-state index is 0.177. The maximum absolute atomic E-state index is 12.9. The average molecular weight is 297 g/mol. The van der Waals surface area contributed by atoms with Crippen LogP contribution in [0.5, 0.6) is 11.6 Å². The van der Waals surface area contributed by atoms with Crippen LogP contribution in [0, 0.1) is 5.82 Å². The lowest BCUT2D eigenvalue weighted by molar-refractivity contribution is 0.452. The van der Waals surface area contributed by atoms with Crippen molar-refractivity contribution in [2.75, 3.05) is 0 Å². The summed E-state index contributed by atoms with van der Waals surface area (Å²) in [5.41, 5.74) is 6.04. The van der Waals surface area contributed by atoms with E-state index in [9.17, 15) is 4.39 Å². The second-order valence-corrected chi connectivity index (χ2v) is 4.29. The Bertz CT molecular complexity index is 516. The van der Waals surface area contributed by atoms with Crippen LogP contribution in [-0.4, -0.2) is 4.98 Å². The van der Waals surface area contributed by atoms with Gasteiger partial charge in [0.25, 0.3) is 0 Å². The van der Waals surface area contributed by atoms with E-state index in [2.05, 4.69) is 20.9 Å². The molecule has 0 saturated carbocycles. The third-order valence-corrected chi connectivity index (χ3v) is 2.67. The molecule has 88 valence electrons. The van der Waals surface area contributed by atoms with Crippen molar-refractivity contribution in [2.24, 2.45) is 5.73 Å². The number of nitrogens with two attached hydrogens (primary N) is 1. The molecule has 0 unspecified atom stereocenters. The summed E-state index contributed by atoms with van der Waals surface area (Å²) in [5.74, 6) is 0.534. The molecule has 2 aromatic rings. The second-order valence-electron chi connectivity index (χ2n) is 3.38. The third kappa shape index (κ3) is 3.01. The number of hydrogen-bond donors (Lipinski definition) is 1. The smallest absolute Gasteiger partial charge is 0.223 e. The minimum atomic E-state index is -0.423. The molecule has 1 aromatic heterocycles. The van der Waals surface area contributed by atoms with Gasteiger partial charge < -0.3 is 10.5 Å². The van der Waals surface area contributed by atoms with E-state index in [1.807, 2.05) is 12.1 Å². The summed E-state index contributed by atoms with van der Waals surface area (Å²) in [6, 6.07) is 8.59. The molecular weight excluding hydrogens is 287 g/mol. The Morgan fingerprint density at radius 1 is 1.29 bits per heavy atom. The molecule has 0 spiro atoms.